The molecule has 0 unspecified atom stereocenters. The molecule has 1 aromatic carbocycles. The molecule has 6 heteroatoms. The Morgan fingerprint density at radius 1 is 1.40 bits per heavy atom. The van der Waals surface area contributed by atoms with E-state index in [2.05, 4.69) is 27.3 Å². The standard InChI is InChI=1S/C19H25ClN4O/c1-3-24-10-4-5-16(24)12-21-18(25)11-17-13(2)22-23-19(17)14-6-8-15(20)9-7-14/h6-9,16H,3-5,10-12H2,1-2H3,(H,21,25)(H,22,23)/t16-/m1/s1. The zero-order valence-electron chi connectivity index (χ0n) is 14.8. The number of halogens is 1. The first-order chi connectivity index (χ1) is 12.1. The van der Waals surface area contributed by atoms with Crippen LogP contribution in [0.1, 0.15) is 31.0 Å². The zero-order chi connectivity index (χ0) is 17.8. The summed E-state index contributed by atoms with van der Waals surface area (Å²) >= 11 is 5.96. The fourth-order valence-corrected chi connectivity index (χ4v) is 3.64. The molecule has 0 aliphatic carbocycles. The number of likely N-dealkylation sites (N-methyl/N-ethyl adjacent to an activating group) is 1. The Kier molecular flexibility index (Phi) is 5.76. The molecule has 2 heterocycles. The van der Waals surface area contributed by atoms with E-state index < -0.39 is 0 Å². The number of benzene rings is 1. The first-order valence-corrected chi connectivity index (χ1v) is 9.26. The van der Waals surface area contributed by atoms with Gasteiger partial charge in [0, 0.05) is 34.4 Å². The summed E-state index contributed by atoms with van der Waals surface area (Å²) in [7, 11) is 0. The molecule has 0 bridgehead atoms. The van der Waals surface area contributed by atoms with Crippen LogP contribution in [-0.4, -0.2) is 46.7 Å². The van der Waals surface area contributed by atoms with Crippen LogP contribution in [0.5, 0.6) is 0 Å². The van der Waals surface area contributed by atoms with Crippen molar-refractivity contribution in [2.75, 3.05) is 19.6 Å². The van der Waals surface area contributed by atoms with Crippen LogP contribution in [-0.2, 0) is 11.2 Å². The molecule has 1 aliphatic heterocycles. The molecule has 1 saturated heterocycles. The normalized spacial score (nSPS) is 17.8. The van der Waals surface area contributed by atoms with Crippen LogP contribution in [0.4, 0.5) is 0 Å². The highest BCUT2D eigenvalue weighted by atomic mass is 35.5. The minimum Gasteiger partial charge on any atom is -0.354 e. The molecule has 1 atom stereocenters. The van der Waals surface area contributed by atoms with Gasteiger partial charge in [-0.3, -0.25) is 14.8 Å². The number of amides is 1. The number of H-pyrrole nitrogens is 1. The second-order valence-corrected chi connectivity index (χ2v) is 7.02. The van der Waals surface area contributed by atoms with E-state index in [-0.39, 0.29) is 5.91 Å². The monoisotopic (exact) mass is 360 g/mol. The number of aromatic amines is 1. The lowest BCUT2D eigenvalue weighted by Gasteiger charge is -2.22. The van der Waals surface area contributed by atoms with Crippen LogP contribution in [0, 0.1) is 6.92 Å². The second-order valence-electron chi connectivity index (χ2n) is 6.59. The highest BCUT2D eigenvalue weighted by molar-refractivity contribution is 6.30. The number of aromatic nitrogens is 2. The van der Waals surface area contributed by atoms with E-state index in [4.69, 9.17) is 11.6 Å². The van der Waals surface area contributed by atoms with Gasteiger partial charge in [0.25, 0.3) is 0 Å². The molecule has 0 radical (unpaired) electrons. The summed E-state index contributed by atoms with van der Waals surface area (Å²) in [6.07, 6.45) is 2.71. The molecular weight excluding hydrogens is 336 g/mol. The molecule has 1 aliphatic rings. The molecule has 3 rings (SSSR count). The Bertz CT molecular complexity index is 726. The van der Waals surface area contributed by atoms with Crippen LogP contribution < -0.4 is 5.32 Å². The highest BCUT2D eigenvalue weighted by Gasteiger charge is 2.23. The summed E-state index contributed by atoms with van der Waals surface area (Å²) < 4.78 is 0. The van der Waals surface area contributed by atoms with Crippen LogP contribution in [0.2, 0.25) is 5.02 Å². The van der Waals surface area contributed by atoms with Crippen molar-refractivity contribution in [2.24, 2.45) is 0 Å². The molecule has 2 aromatic rings. The van der Waals surface area contributed by atoms with Gasteiger partial charge in [-0.1, -0.05) is 30.7 Å². The number of nitrogens with one attached hydrogen (secondary N) is 2. The molecule has 1 fully saturated rings. The third-order valence-electron chi connectivity index (χ3n) is 4.97. The Labute approximate surface area is 153 Å². The van der Waals surface area contributed by atoms with Crippen molar-refractivity contribution in [3.63, 3.8) is 0 Å². The lowest BCUT2D eigenvalue weighted by molar-refractivity contribution is -0.120. The van der Waals surface area contributed by atoms with E-state index in [0.717, 1.165) is 48.6 Å². The minimum absolute atomic E-state index is 0.0441. The first-order valence-electron chi connectivity index (χ1n) is 8.89. The molecule has 1 amide bonds. The van der Waals surface area contributed by atoms with Crippen LogP contribution >= 0.6 is 11.6 Å². The number of aryl methyl sites for hydroxylation is 1. The minimum atomic E-state index is 0.0441. The van der Waals surface area contributed by atoms with Crippen LogP contribution in [0.25, 0.3) is 11.3 Å². The second kappa shape index (κ2) is 8.02. The van der Waals surface area contributed by atoms with Crippen molar-refractivity contribution in [3.8, 4) is 11.3 Å². The Morgan fingerprint density at radius 2 is 2.16 bits per heavy atom. The smallest absolute Gasteiger partial charge is 0.224 e. The fraction of sp³-hybridized carbons (Fsp3) is 0.474. The van der Waals surface area contributed by atoms with Crippen molar-refractivity contribution in [1.29, 1.82) is 0 Å². The lowest BCUT2D eigenvalue weighted by Crippen LogP contribution is -2.40. The van der Waals surface area contributed by atoms with Gasteiger partial charge in [-0.05, 0) is 45.0 Å². The predicted molar refractivity (Wildman–Crippen MR) is 101 cm³/mol. The maximum atomic E-state index is 12.5. The van der Waals surface area contributed by atoms with Gasteiger partial charge in [-0.2, -0.15) is 5.10 Å². The van der Waals surface area contributed by atoms with E-state index in [1.807, 2.05) is 31.2 Å². The molecule has 0 saturated carbocycles. The maximum Gasteiger partial charge on any atom is 0.224 e. The zero-order valence-corrected chi connectivity index (χ0v) is 15.6. The molecule has 134 valence electrons. The number of hydrogen-bond donors (Lipinski definition) is 2. The topological polar surface area (TPSA) is 61.0 Å². The molecule has 0 spiro atoms. The van der Waals surface area contributed by atoms with Gasteiger partial charge >= 0.3 is 0 Å². The van der Waals surface area contributed by atoms with E-state index >= 15 is 0 Å². The molecule has 5 nitrogen and oxygen atoms in total. The Hall–Kier alpha value is -1.85. The van der Waals surface area contributed by atoms with Crippen molar-refractivity contribution < 1.29 is 4.79 Å². The van der Waals surface area contributed by atoms with Crippen molar-refractivity contribution in [3.05, 3.63) is 40.5 Å². The summed E-state index contributed by atoms with van der Waals surface area (Å²) in [6.45, 7) is 7.03. The third-order valence-corrected chi connectivity index (χ3v) is 5.22. The van der Waals surface area contributed by atoms with Crippen molar-refractivity contribution in [1.82, 2.24) is 20.4 Å². The van der Waals surface area contributed by atoms with Crippen LogP contribution in [0.15, 0.2) is 24.3 Å². The molecular formula is C19H25ClN4O. The van der Waals surface area contributed by atoms with Gasteiger partial charge in [-0.15, -0.1) is 0 Å². The molecule has 1 aromatic heterocycles. The summed E-state index contributed by atoms with van der Waals surface area (Å²) in [5, 5.41) is 11.2. The number of carbonyl (C=O) groups is 1. The number of rotatable bonds is 6. The molecule has 25 heavy (non-hydrogen) atoms. The maximum absolute atomic E-state index is 12.5. The lowest BCUT2D eigenvalue weighted by atomic mass is 10.0. The third kappa shape index (κ3) is 4.22. The van der Waals surface area contributed by atoms with Gasteiger partial charge in [0.05, 0.1) is 12.1 Å². The van der Waals surface area contributed by atoms with Gasteiger partial charge < -0.3 is 5.32 Å². The van der Waals surface area contributed by atoms with Gasteiger partial charge in [0.15, 0.2) is 0 Å². The van der Waals surface area contributed by atoms with Crippen LogP contribution in [0.3, 0.4) is 0 Å². The predicted octanol–water partition coefficient (Wildman–Crippen LogP) is 3.18. The number of hydrogen-bond acceptors (Lipinski definition) is 3. The number of nitrogens with zero attached hydrogens (tertiary/aromatic N) is 2. The van der Waals surface area contributed by atoms with Crippen molar-refractivity contribution >= 4 is 17.5 Å². The SMILES string of the molecule is CCN1CCC[C@@H]1CNC(=O)Cc1c(-c2ccc(Cl)cc2)n[nH]c1C. The highest BCUT2D eigenvalue weighted by Crippen LogP contribution is 2.25. The average molecular weight is 361 g/mol. The van der Waals surface area contributed by atoms with E-state index in [9.17, 15) is 4.79 Å². The van der Waals surface area contributed by atoms with Crippen molar-refractivity contribution in [2.45, 2.75) is 39.2 Å². The number of likely N-dealkylation sites (tertiary alicyclic amines) is 1. The van der Waals surface area contributed by atoms with E-state index in [1.165, 1.54) is 6.42 Å². The summed E-state index contributed by atoms with van der Waals surface area (Å²) in [6, 6.07) is 8.00. The average Bonchev–Trinajstić information content (AvgIpc) is 3.21. The summed E-state index contributed by atoms with van der Waals surface area (Å²) in [5.41, 5.74) is 3.65. The first kappa shape index (κ1) is 18.0. The van der Waals surface area contributed by atoms with E-state index in [1.54, 1.807) is 0 Å². The van der Waals surface area contributed by atoms with E-state index in [0.29, 0.717) is 17.5 Å². The Morgan fingerprint density at radius 3 is 2.88 bits per heavy atom. The molecule has 2 N–H and O–H groups in total. The summed E-state index contributed by atoms with van der Waals surface area (Å²) in [4.78, 5) is 14.9. The van der Waals surface area contributed by atoms with Gasteiger partial charge in [0.1, 0.15) is 0 Å². The van der Waals surface area contributed by atoms with Gasteiger partial charge in [-0.25, -0.2) is 0 Å². The Balaban J connectivity index is 1.65. The van der Waals surface area contributed by atoms with Gasteiger partial charge in [0.2, 0.25) is 5.91 Å². The summed E-state index contributed by atoms with van der Waals surface area (Å²) in [5.74, 6) is 0.0441. The fourth-order valence-electron chi connectivity index (χ4n) is 3.51. The number of carbonyl (C=O) groups excluding carboxylic acids is 1. The quantitative estimate of drug-likeness (QED) is 0.831. The largest absolute Gasteiger partial charge is 0.354 e.